The average molecular weight is 347 g/mol. The zero-order valence-corrected chi connectivity index (χ0v) is 10.8. The van der Waals surface area contributed by atoms with Gasteiger partial charge in [-0.05, 0) is 34.1 Å². The first-order chi connectivity index (χ1) is 6.44. The largest absolute Gasteiger partial charge is 0.283 e. The lowest BCUT2D eigenvalue weighted by Crippen LogP contribution is -2.13. The highest BCUT2D eigenvalue weighted by Crippen LogP contribution is 2.20. The maximum Gasteiger partial charge on any atom is 0.242 e. The summed E-state index contributed by atoms with van der Waals surface area (Å²) in [4.78, 5) is 0. The Balaban J connectivity index is 2.94. The molecule has 0 spiro atoms. The van der Waals surface area contributed by atoms with Gasteiger partial charge in [-0.3, -0.25) is 4.72 Å². The van der Waals surface area contributed by atoms with E-state index in [0.29, 0.717) is 5.69 Å². The molecule has 0 amide bonds. The van der Waals surface area contributed by atoms with Crippen molar-refractivity contribution in [2.24, 2.45) is 0 Å². The molecule has 0 aromatic heterocycles. The molecule has 0 unspecified atom stereocenters. The van der Waals surface area contributed by atoms with Gasteiger partial charge >= 0.3 is 0 Å². The molecule has 0 aliphatic carbocycles. The Hall–Kier alpha value is -0.140. The van der Waals surface area contributed by atoms with Crippen molar-refractivity contribution in [2.75, 3.05) is 9.38 Å². The van der Waals surface area contributed by atoms with E-state index in [4.69, 9.17) is 0 Å². The Morgan fingerprint density at radius 2 is 2.07 bits per heavy atom. The maximum absolute atomic E-state index is 12.8. The monoisotopic (exact) mass is 345 g/mol. The molecule has 1 aromatic rings. The van der Waals surface area contributed by atoms with E-state index in [-0.39, 0.29) is 9.13 Å². The molecule has 7 heteroatoms. The van der Waals surface area contributed by atoms with Crippen LogP contribution in [0, 0.1) is 5.82 Å². The Kier molecular flexibility index (Phi) is 3.91. The molecule has 1 aromatic carbocycles. The average Bonchev–Trinajstić information content (AvgIpc) is 2.11. The van der Waals surface area contributed by atoms with Gasteiger partial charge in [0.05, 0.1) is 4.47 Å². The van der Waals surface area contributed by atoms with Crippen LogP contribution in [0.2, 0.25) is 0 Å². The maximum atomic E-state index is 12.8. The van der Waals surface area contributed by atoms with E-state index in [9.17, 15) is 12.8 Å². The van der Waals surface area contributed by atoms with Crippen LogP contribution in [0.3, 0.4) is 0 Å². The van der Waals surface area contributed by atoms with E-state index in [2.05, 4.69) is 36.6 Å². The van der Waals surface area contributed by atoms with Crippen LogP contribution in [0.15, 0.2) is 22.7 Å². The van der Waals surface area contributed by atoms with Crippen molar-refractivity contribution in [1.29, 1.82) is 0 Å². The Labute approximate surface area is 98.0 Å². The van der Waals surface area contributed by atoms with Crippen LogP contribution in [-0.2, 0) is 10.0 Å². The molecule has 0 fully saturated rings. The van der Waals surface area contributed by atoms with Crippen molar-refractivity contribution in [2.45, 2.75) is 0 Å². The van der Waals surface area contributed by atoms with Crippen LogP contribution in [0.25, 0.3) is 0 Å². The van der Waals surface area contributed by atoms with E-state index >= 15 is 0 Å². The van der Waals surface area contributed by atoms with Gasteiger partial charge in [0.1, 0.15) is 10.5 Å². The SMILES string of the molecule is O=S(=O)(CBr)Nc1ccc(F)c(Br)c1. The molecule has 0 radical (unpaired) electrons. The fourth-order valence-electron chi connectivity index (χ4n) is 0.766. The molecule has 14 heavy (non-hydrogen) atoms. The molecule has 0 aliphatic heterocycles. The van der Waals surface area contributed by atoms with Crippen molar-refractivity contribution in [3.05, 3.63) is 28.5 Å². The summed E-state index contributed by atoms with van der Waals surface area (Å²) in [6.07, 6.45) is 0. The fraction of sp³-hybridized carbons (Fsp3) is 0.143. The van der Waals surface area contributed by atoms with Crippen LogP contribution in [0.5, 0.6) is 0 Å². The number of hydrogen-bond donors (Lipinski definition) is 1. The first-order valence-electron chi connectivity index (χ1n) is 3.46. The lowest BCUT2D eigenvalue weighted by atomic mass is 10.3. The molecular weight excluding hydrogens is 341 g/mol. The van der Waals surface area contributed by atoms with Crippen LogP contribution in [-0.4, -0.2) is 13.1 Å². The third-order valence-corrected chi connectivity index (χ3v) is 4.59. The minimum Gasteiger partial charge on any atom is -0.283 e. The summed E-state index contributed by atoms with van der Waals surface area (Å²) >= 11 is 5.78. The smallest absolute Gasteiger partial charge is 0.242 e. The number of hydrogen-bond acceptors (Lipinski definition) is 2. The second-order valence-electron chi connectivity index (χ2n) is 2.45. The van der Waals surface area contributed by atoms with Crippen LogP contribution >= 0.6 is 31.9 Å². The van der Waals surface area contributed by atoms with Gasteiger partial charge in [0.2, 0.25) is 10.0 Å². The highest BCUT2D eigenvalue weighted by Gasteiger charge is 2.08. The predicted molar refractivity (Wildman–Crippen MR) is 60.4 cm³/mol. The molecule has 0 atom stereocenters. The molecule has 0 saturated carbocycles. The van der Waals surface area contributed by atoms with Crippen molar-refractivity contribution >= 4 is 47.6 Å². The summed E-state index contributed by atoms with van der Waals surface area (Å²) in [5, 5.41) is 0. The van der Waals surface area contributed by atoms with Crippen LogP contribution in [0.4, 0.5) is 10.1 Å². The van der Waals surface area contributed by atoms with E-state index in [1.165, 1.54) is 18.2 Å². The summed E-state index contributed by atoms with van der Waals surface area (Å²) in [6, 6.07) is 3.88. The lowest BCUT2D eigenvalue weighted by molar-refractivity contribution is 0.605. The summed E-state index contributed by atoms with van der Waals surface area (Å²) in [5.74, 6) is -0.438. The Morgan fingerprint density at radius 1 is 1.43 bits per heavy atom. The van der Waals surface area contributed by atoms with Gasteiger partial charge in [0.25, 0.3) is 0 Å². The van der Waals surface area contributed by atoms with E-state index in [1.807, 2.05) is 0 Å². The standard InChI is InChI=1S/C7H6Br2FNO2S/c8-4-14(12,13)11-5-1-2-7(10)6(9)3-5/h1-3,11H,4H2. The molecule has 0 aliphatic rings. The molecule has 1 N–H and O–H groups in total. The molecule has 78 valence electrons. The van der Waals surface area contributed by atoms with Gasteiger partial charge in [-0.15, -0.1) is 0 Å². The molecule has 0 bridgehead atoms. The number of alkyl halides is 1. The number of anilines is 1. The van der Waals surface area contributed by atoms with Gasteiger partial charge in [-0.2, -0.15) is 0 Å². The van der Waals surface area contributed by atoms with Crippen molar-refractivity contribution < 1.29 is 12.8 Å². The topological polar surface area (TPSA) is 46.2 Å². The summed E-state index contributed by atoms with van der Waals surface area (Å²) in [5.41, 5.74) is 0.317. The van der Waals surface area contributed by atoms with E-state index in [1.54, 1.807) is 0 Å². The first-order valence-corrected chi connectivity index (χ1v) is 7.03. The highest BCUT2D eigenvalue weighted by molar-refractivity contribution is 9.11. The number of rotatable bonds is 3. The number of benzene rings is 1. The minimum absolute atomic E-state index is 0.199. The normalized spacial score (nSPS) is 11.4. The van der Waals surface area contributed by atoms with Gasteiger partial charge in [0, 0.05) is 5.69 Å². The zero-order valence-electron chi connectivity index (χ0n) is 6.80. The van der Waals surface area contributed by atoms with Gasteiger partial charge < -0.3 is 0 Å². The quantitative estimate of drug-likeness (QED) is 0.855. The summed E-state index contributed by atoms with van der Waals surface area (Å²) in [6.45, 7) is 0. The third kappa shape index (κ3) is 3.21. The minimum atomic E-state index is -3.38. The van der Waals surface area contributed by atoms with Crippen LogP contribution < -0.4 is 4.72 Å². The number of nitrogens with one attached hydrogen (secondary N) is 1. The lowest BCUT2D eigenvalue weighted by Gasteiger charge is -2.05. The first kappa shape index (κ1) is 11.9. The second-order valence-corrected chi connectivity index (χ2v) is 6.33. The van der Waals surface area contributed by atoms with Gasteiger partial charge in [-0.25, -0.2) is 12.8 Å². The predicted octanol–water partition coefficient (Wildman–Crippen LogP) is 2.68. The zero-order chi connectivity index (χ0) is 10.8. The summed E-state index contributed by atoms with van der Waals surface area (Å²) < 4.78 is 37.3. The third-order valence-electron chi connectivity index (χ3n) is 1.34. The highest BCUT2D eigenvalue weighted by atomic mass is 79.9. The molecule has 3 nitrogen and oxygen atoms in total. The molecular formula is C7H6Br2FNO2S. The number of halogens is 3. The van der Waals surface area contributed by atoms with Crippen LogP contribution in [0.1, 0.15) is 0 Å². The van der Waals surface area contributed by atoms with E-state index in [0.717, 1.165) is 0 Å². The molecule has 0 saturated heterocycles. The summed E-state index contributed by atoms with van der Waals surface area (Å²) in [7, 11) is -3.38. The van der Waals surface area contributed by atoms with E-state index < -0.39 is 15.8 Å². The Morgan fingerprint density at radius 3 is 2.57 bits per heavy atom. The second kappa shape index (κ2) is 4.59. The number of sulfonamides is 1. The van der Waals surface area contributed by atoms with Crippen molar-refractivity contribution in [3.8, 4) is 0 Å². The fourth-order valence-corrected chi connectivity index (χ4v) is 2.03. The van der Waals surface area contributed by atoms with Crippen molar-refractivity contribution in [3.63, 3.8) is 0 Å². The molecule has 0 heterocycles. The molecule has 1 rings (SSSR count). The van der Waals surface area contributed by atoms with Gasteiger partial charge in [-0.1, -0.05) is 15.9 Å². The Bertz CT molecular complexity index is 435. The van der Waals surface area contributed by atoms with Gasteiger partial charge in [0.15, 0.2) is 0 Å². The van der Waals surface area contributed by atoms with Crippen molar-refractivity contribution in [1.82, 2.24) is 0 Å².